The minimum atomic E-state index is 0.557. The third-order valence-corrected chi connectivity index (χ3v) is 4.03. The predicted molar refractivity (Wildman–Crippen MR) is 89.9 cm³/mol. The summed E-state index contributed by atoms with van der Waals surface area (Å²) in [5.74, 6) is 1.27. The van der Waals surface area contributed by atoms with E-state index >= 15 is 0 Å². The van der Waals surface area contributed by atoms with Gasteiger partial charge in [0.1, 0.15) is 11.7 Å². The van der Waals surface area contributed by atoms with E-state index in [0.717, 1.165) is 43.3 Å². The fraction of sp³-hybridized carbons (Fsp3) is 0.412. The Morgan fingerprint density at radius 2 is 2.10 bits per heavy atom. The van der Waals surface area contributed by atoms with Gasteiger partial charge in [-0.25, -0.2) is 0 Å². The first-order valence-electron chi connectivity index (χ1n) is 7.14. The summed E-state index contributed by atoms with van der Waals surface area (Å²) >= 11 is 1.59. The largest absolute Gasteiger partial charge is 0.483 e. The maximum Gasteiger partial charge on any atom is 0.138 e. The second kappa shape index (κ2) is 8.27. The van der Waals surface area contributed by atoms with E-state index in [1.807, 2.05) is 13.0 Å². The zero-order valence-electron chi connectivity index (χ0n) is 12.6. The summed E-state index contributed by atoms with van der Waals surface area (Å²) in [6, 6.07) is 8.40. The summed E-state index contributed by atoms with van der Waals surface area (Å²) in [5.41, 5.74) is 2.33. The Morgan fingerprint density at radius 3 is 2.81 bits per heavy atom. The van der Waals surface area contributed by atoms with Crippen molar-refractivity contribution in [2.75, 3.05) is 32.2 Å². The predicted octanol–water partition coefficient (Wildman–Crippen LogP) is 3.73. The lowest BCUT2D eigenvalue weighted by atomic mass is 10.1. The first-order valence-corrected chi connectivity index (χ1v) is 8.13. The van der Waals surface area contributed by atoms with E-state index in [4.69, 9.17) is 9.47 Å². The first-order chi connectivity index (χ1) is 10.1. The molecular weight excluding hydrogens is 282 g/mol. The minimum Gasteiger partial charge on any atom is -0.483 e. The SMILES string of the molecule is C=C(C)SCOC(=C)c1cccc(CN2CCOCC2)c1. The summed E-state index contributed by atoms with van der Waals surface area (Å²) in [6.07, 6.45) is 0. The number of morpholine rings is 1. The molecule has 0 radical (unpaired) electrons. The molecule has 1 aromatic carbocycles. The third kappa shape index (κ3) is 5.58. The fourth-order valence-corrected chi connectivity index (χ4v) is 2.55. The molecule has 4 heteroatoms. The minimum absolute atomic E-state index is 0.557. The van der Waals surface area contributed by atoms with E-state index in [0.29, 0.717) is 11.7 Å². The van der Waals surface area contributed by atoms with Crippen LogP contribution in [0.2, 0.25) is 0 Å². The molecule has 1 fully saturated rings. The Kier molecular flexibility index (Phi) is 6.36. The first kappa shape index (κ1) is 16.1. The highest BCUT2D eigenvalue weighted by atomic mass is 32.2. The molecule has 21 heavy (non-hydrogen) atoms. The van der Waals surface area contributed by atoms with Crippen LogP contribution >= 0.6 is 11.8 Å². The molecule has 0 spiro atoms. The van der Waals surface area contributed by atoms with Crippen molar-refractivity contribution in [1.82, 2.24) is 4.90 Å². The van der Waals surface area contributed by atoms with Gasteiger partial charge >= 0.3 is 0 Å². The lowest BCUT2D eigenvalue weighted by Crippen LogP contribution is -2.35. The highest BCUT2D eigenvalue weighted by Crippen LogP contribution is 2.20. The van der Waals surface area contributed by atoms with Crippen LogP contribution in [-0.4, -0.2) is 37.1 Å². The van der Waals surface area contributed by atoms with E-state index < -0.39 is 0 Å². The van der Waals surface area contributed by atoms with Crippen molar-refractivity contribution in [3.05, 3.63) is 53.5 Å². The quantitative estimate of drug-likeness (QED) is 0.565. The van der Waals surface area contributed by atoms with Gasteiger partial charge in [0.25, 0.3) is 0 Å². The van der Waals surface area contributed by atoms with Crippen molar-refractivity contribution in [2.24, 2.45) is 0 Å². The topological polar surface area (TPSA) is 21.7 Å². The normalized spacial score (nSPS) is 15.7. The number of rotatable bonds is 7. The summed E-state index contributed by atoms with van der Waals surface area (Å²) < 4.78 is 11.0. The van der Waals surface area contributed by atoms with Gasteiger partial charge in [-0.1, -0.05) is 43.1 Å². The fourth-order valence-electron chi connectivity index (χ4n) is 2.15. The van der Waals surface area contributed by atoms with Crippen molar-refractivity contribution in [3.8, 4) is 0 Å². The molecule has 0 atom stereocenters. The number of ether oxygens (including phenoxy) is 2. The van der Waals surface area contributed by atoms with Crippen molar-refractivity contribution >= 4 is 17.5 Å². The molecule has 1 aliphatic rings. The van der Waals surface area contributed by atoms with Crippen LogP contribution in [0, 0.1) is 0 Å². The van der Waals surface area contributed by atoms with Crippen LogP contribution in [0.15, 0.2) is 42.3 Å². The highest BCUT2D eigenvalue weighted by molar-refractivity contribution is 8.02. The maximum absolute atomic E-state index is 5.66. The smallest absolute Gasteiger partial charge is 0.138 e. The van der Waals surface area contributed by atoms with Crippen LogP contribution < -0.4 is 0 Å². The van der Waals surface area contributed by atoms with Crippen LogP contribution in [0.25, 0.3) is 5.76 Å². The van der Waals surface area contributed by atoms with Crippen LogP contribution in [0.3, 0.4) is 0 Å². The van der Waals surface area contributed by atoms with Crippen molar-refractivity contribution in [1.29, 1.82) is 0 Å². The molecule has 1 aliphatic heterocycles. The zero-order chi connectivity index (χ0) is 15.1. The van der Waals surface area contributed by atoms with E-state index in [1.165, 1.54) is 5.56 Å². The summed E-state index contributed by atoms with van der Waals surface area (Å²) in [6.45, 7) is 14.4. The molecule has 0 unspecified atom stereocenters. The summed E-state index contributed by atoms with van der Waals surface area (Å²) in [7, 11) is 0. The Bertz CT molecular complexity index is 495. The molecule has 1 saturated heterocycles. The molecule has 3 nitrogen and oxygen atoms in total. The number of hydrogen-bond acceptors (Lipinski definition) is 4. The van der Waals surface area contributed by atoms with Gasteiger partial charge in [0.2, 0.25) is 0 Å². The Balaban J connectivity index is 1.90. The van der Waals surface area contributed by atoms with Gasteiger partial charge in [0.15, 0.2) is 0 Å². The Morgan fingerprint density at radius 1 is 1.33 bits per heavy atom. The van der Waals surface area contributed by atoms with Gasteiger partial charge in [0.05, 0.1) is 13.2 Å². The third-order valence-electron chi connectivity index (χ3n) is 3.30. The second-order valence-corrected chi connectivity index (χ2v) is 6.34. The van der Waals surface area contributed by atoms with Crippen LogP contribution in [-0.2, 0) is 16.0 Å². The molecule has 2 rings (SSSR count). The number of benzene rings is 1. The van der Waals surface area contributed by atoms with E-state index in [1.54, 1.807) is 11.8 Å². The molecular formula is C17H23NO2S. The van der Waals surface area contributed by atoms with Gasteiger partial charge in [0, 0.05) is 25.2 Å². The van der Waals surface area contributed by atoms with E-state index in [-0.39, 0.29) is 0 Å². The highest BCUT2D eigenvalue weighted by Gasteiger charge is 2.11. The molecule has 0 bridgehead atoms. The average Bonchev–Trinajstić information content (AvgIpc) is 2.48. The lowest BCUT2D eigenvalue weighted by molar-refractivity contribution is 0.0342. The van der Waals surface area contributed by atoms with Gasteiger partial charge in [-0.05, 0) is 23.5 Å². The van der Waals surface area contributed by atoms with Crippen molar-refractivity contribution in [3.63, 3.8) is 0 Å². The van der Waals surface area contributed by atoms with E-state index in [9.17, 15) is 0 Å². The second-order valence-electron chi connectivity index (χ2n) is 5.12. The van der Waals surface area contributed by atoms with Gasteiger partial charge in [-0.2, -0.15) is 0 Å². The molecule has 1 heterocycles. The number of nitrogens with zero attached hydrogens (tertiary/aromatic N) is 1. The molecule has 1 aromatic rings. The number of thioether (sulfide) groups is 1. The molecule has 114 valence electrons. The molecule has 0 aliphatic carbocycles. The van der Waals surface area contributed by atoms with Gasteiger partial charge in [-0.3, -0.25) is 4.90 Å². The lowest BCUT2D eigenvalue weighted by Gasteiger charge is -2.26. The monoisotopic (exact) mass is 305 g/mol. The summed E-state index contributed by atoms with van der Waals surface area (Å²) in [5, 5.41) is 0. The summed E-state index contributed by atoms with van der Waals surface area (Å²) in [4.78, 5) is 3.45. The van der Waals surface area contributed by atoms with Crippen LogP contribution in [0.1, 0.15) is 18.1 Å². The van der Waals surface area contributed by atoms with Crippen LogP contribution in [0.5, 0.6) is 0 Å². The van der Waals surface area contributed by atoms with Gasteiger partial charge < -0.3 is 9.47 Å². The zero-order valence-corrected chi connectivity index (χ0v) is 13.5. The van der Waals surface area contributed by atoms with E-state index in [2.05, 4.69) is 36.3 Å². The van der Waals surface area contributed by atoms with Gasteiger partial charge in [-0.15, -0.1) is 0 Å². The Labute approximate surface area is 131 Å². The average molecular weight is 305 g/mol. The van der Waals surface area contributed by atoms with Crippen molar-refractivity contribution in [2.45, 2.75) is 13.5 Å². The molecule has 0 aromatic heterocycles. The number of hydrogen-bond donors (Lipinski definition) is 0. The Hall–Kier alpha value is -1.23. The molecule has 0 amide bonds. The number of allylic oxidation sites excluding steroid dienone is 1. The molecule has 0 N–H and O–H groups in total. The van der Waals surface area contributed by atoms with Crippen LogP contribution in [0.4, 0.5) is 0 Å². The maximum atomic E-state index is 5.66. The van der Waals surface area contributed by atoms with Crippen molar-refractivity contribution < 1.29 is 9.47 Å². The molecule has 0 saturated carbocycles. The standard InChI is InChI=1S/C17H23NO2S/c1-14(2)21-13-20-15(3)17-6-4-5-16(11-17)12-18-7-9-19-10-8-18/h4-6,11H,1,3,7-10,12-13H2,2H3.